The van der Waals surface area contributed by atoms with Gasteiger partial charge in [0.2, 0.25) is 0 Å². The smallest absolute Gasteiger partial charge is 0.0780 e. The van der Waals surface area contributed by atoms with Gasteiger partial charge in [0.25, 0.3) is 0 Å². The molecule has 2 N–H and O–H groups in total. The highest BCUT2D eigenvalue weighted by molar-refractivity contribution is 4.74. The zero-order valence-electron chi connectivity index (χ0n) is 22.0. The Kier molecular flexibility index (Phi) is 21.6. The Morgan fingerprint density at radius 1 is 0.839 bits per heavy atom. The molecule has 0 saturated heterocycles. The molecule has 31 heavy (non-hydrogen) atoms. The number of nitrogens with two attached hydrogens (primary N) is 1. The largest absolute Gasteiger partial charge is 0.379 e. The Morgan fingerprint density at radius 3 is 2.13 bits per heavy atom. The molecule has 1 aliphatic rings. The summed E-state index contributed by atoms with van der Waals surface area (Å²) >= 11 is 0. The summed E-state index contributed by atoms with van der Waals surface area (Å²) in [5.41, 5.74) is 5.77. The van der Waals surface area contributed by atoms with Crippen LogP contribution in [-0.4, -0.2) is 44.7 Å². The van der Waals surface area contributed by atoms with Gasteiger partial charge < -0.3 is 19.9 Å². The van der Waals surface area contributed by atoms with Crippen LogP contribution in [0.1, 0.15) is 119 Å². The number of hydrogen-bond donors (Lipinski definition) is 1. The molecule has 0 aromatic rings. The molecule has 0 radical (unpaired) electrons. The van der Waals surface area contributed by atoms with Gasteiger partial charge in [0.05, 0.1) is 25.4 Å². The summed E-state index contributed by atoms with van der Waals surface area (Å²) in [6.45, 7) is 15.7. The molecule has 0 amide bonds. The molecule has 1 saturated carbocycles. The van der Waals surface area contributed by atoms with Gasteiger partial charge in [-0.05, 0) is 45.4 Å². The Labute approximate surface area is 195 Å². The normalized spacial score (nSPS) is 20.9. The van der Waals surface area contributed by atoms with Crippen molar-refractivity contribution in [3.8, 4) is 0 Å². The SMILES string of the molecule is CCCCCCCCCC1CCCC(OCC(C)N)C1.CCOCC(C)OCC(C)C. The predicted molar refractivity (Wildman–Crippen MR) is 135 cm³/mol. The molecule has 4 unspecified atom stereocenters. The quantitative estimate of drug-likeness (QED) is 0.243. The van der Waals surface area contributed by atoms with E-state index < -0.39 is 0 Å². The van der Waals surface area contributed by atoms with Gasteiger partial charge in [-0.3, -0.25) is 0 Å². The summed E-state index contributed by atoms with van der Waals surface area (Å²) in [4.78, 5) is 0. The average molecular weight is 444 g/mol. The van der Waals surface area contributed by atoms with Crippen LogP contribution < -0.4 is 5.73 Å². The first-order valence-corrected chi connectivity index (χ1v) is 13.4. The van der Waals surface area contributed by atoms with Gasteiger partial charge in [-0.1, -0.05) is 85.0 Å². The van der Waals surface area contributed by atoms with E-state index in [0.717, 1.165) is 25.7 Å². The van der Waals surface area contributed by atoms with Gasteiger partial charge in [0, 0.05) is 19.3 Å². The minimum absolute atomic E-state index is 0.179. The van der Waals surface area contributed by atoms with Crippen LogP contribution in [0.3, 0.4) is 0 Å². The van der Waals surface area contributed by atoms with E-state index in [9.17, 15) is 0 Å². The Balaban J connectivity index is 0.000000695. The lowest BCUT2D eigenvalue weighted by Crippen LogP contribution is -2.29. The van der Waals surface area contributed by atoms with Gasteiger partial charge >= 0.3 is 0 Å². The Hall–Kier alpha value is -0.160. The van der Waals surface area contributed by atoms with Crippen LogP contribution in [0, 0.1) is 11.8 Å². The molecule has 0 aromatic carbocycles. The van der Waals surface area contributed by atoms with Crippen LogP contribution in [0.2, 0.25) is 0 Å². The van der Waals surface area contributed by atoms with E-state index in [0.29, 0.717) is 18.6 Å². The van der Waals surface area contributed by atoms with E-state index in [1.807, 2.05) is 20.8 Å². The highest BCUT2D eigenvalue weighted by Crippen LogP contribution is 2.30. The zero-order chi connectivity index (χ0) is 23.3. The summed E-state index contributed by atoms with van der Waals surface area (Å²) in [6.07, 6.45) is 17.4. The maximum atomic E-state index is 5.92. The zero-order valence-corrected chi connectivity index (χ0v) is 22.0. The van der Waals surface area contributed by atoms with Crippen molar-refractivity contribution in [3.05, 3.63) is 0 Å². The van der Waals surface area contributed by atoms with Crippen molar-refractivity contribution in [1.82, 2.24) is 0 Å². The summed E-state index contributed by atoms with van der Waals surface area (Å²) in [7, 11) is 0. The molecular formula is C27H57NO3. The minimum atomic E-state index is 0.179. The van der Waals surface area contributed by atoms with Gasteiger partial charge in [-0.2, -0.15) is 0 Å². The average Bonchev–Trinajstić information content (AvgIpc) is 2.75. The third-order valence-electron chi connectivity index (χ3n) is 5.82. The van der Waals surface area contributed by atoms with E-state index in [1.54, 1.807) is 0 Å². The van der Waals surface area contributed by atoms with Crippen LogP contribution in [0.5, 0.6) is 0 Å². The molecule has 4 atom stereocenters. The van der Waals surface area contributed by atoms with Crippen LogP contribution in [0.4, 0.5) is 0 Å². The third-order valence-corrected chi connectivity index (χ3v) is 5.82. The van der Waals surface area contributed by atoms with Crippen LogP contribution in [0.15, 0.2) is 0 Å². The molecule has 0 spiro atoms. The second-order valence-electron chi connectivity index (χ2n) is 10.1. The van der Waals surface area contributed by atoms with Crippen molar-refractivity contribution in [3.63, 3.8) is 0 Å². The van der Waals surface area contributed by atoms with Crippen molar-refractivity contribution in [2.24, 2.45) is 17.6 Å². The molecule has 0 aromatic heterocycles. The van der Waals surface area contributed by atoms with Crippen molar-refractivity contribution in [1.29, 1.82) is 0 Å². The monoisotopic (exact) mass is 443 g/mol. The van der Waals surface area contributed by atoms with Crippen molar-refractivity contribution in [2.45, 2.75) is 137 Å². The maximum absolute atomic E-state index is 5.92. The third kappa shape index (κ3) is 21.4. The van der Waals surface area contributed by atoms with E-state index in [4.69, 9.17) is 19.9 Å². The van der Waals surface area contributed by atoms with E-state index in [1.165, 1.54) is 77.0 Å². The van der Waals surface area contributed by atoms with Crippen LogP contribution in [0.25, 0.3) is 0 Å². The lowest BCUT2D eigenvalue weighted by Gasteiger charge is -2.29. The fourth-order valence-electron chi connectivity index (χ4n) is 4.02. The molecule has 0 heterocycles. The van der Waals surface area contributed by atoms with E-state index >= 15 is 0 Å². The number of rotatable bonds is 17. The number of ether oxygens (including phenoxy) is 3. The van der Waals surface area contributed by atoms with Gasteiger partial charge in [-0.25, -0.2) is 0 Å². The predicted octanol–water partition coefficient (Wildman–Crippen LogP) is 7.13. The second-order valence-corrected chi connectivity index (χ2v) is 10.1. The fraction of sp³-hybridized carbons (Fsp3) is 1.00. The fourth-order valence-corrected chi connectivity index (χ4v) is 4.02. The number of hydrogen-bond acceptors (Lipinski definition) is 4. The molecule has 1 rings (SSSR count). The van der Waals surface area contributed by atoms with Gasteiger partial charge in [0.1, 0.15) is 0 Å². The molecule has 1 aliphatic carbocycles. The summed E-state index contributed by atoms with van der Waals surface area (Å²) < 4.78 is 16.6. The summed E-state index contributed by atoms with van der Waals surface area (Å²) in [6, 6.07) is 0.179. The molecule has 188 valence electrons. The topological polar surface area (TPSA) is 53.7 Å². The lowest BCUT2D eigenvalue weighted by molar-refractivity contribution is -0.0130. The molecule has 1 fully saturated rings. The molecule has 0 bridgehead atoms. The molecule has 4 heteroatoms. The second kappa shape index (κ2) is 21.7. The highest BCUT2D eigenvalue weighted by atomic mass is 16.5. The molecule has 4 nitrogen and oxygen atoms in total. The lowest BCUT2D eigenvalue weighted by atomic mass is 9.84. The first-order chi connectivity index (χ1) is 14.9. The first-order valence-electron chi connectivity index (χ1n) is 13.4. The Bertz CT molecular complexity index is 362. The van der Waals surface area contributed by atoms with Crippen molar-refractivity contribution in [2.75, 3.05) is 26.4 Å². The Morgan fingerprint density at radius 2 is 1.52 bits per heavy atom. The van der Waals surface area contributed by atoms with Gasteiger partial charge in [0.15, 0.2) is 0 Å². The van der Waals surface area contributed by atoms with Gasteiger partial charge in [-0.15, -0.1) is 0 Å². The van der Waals surface area contributed by atoms with E-state index in [-0.39, 0.29) is 12.1 Å². The number of unbranched alkanes of at least 4 members (excludes halogenated alkanes) is 6. The van der Waals surface area contributed by atoms with Crippen LogP contribution >= 0.6 is 0 Å². The van der Waals surface area contributed by atoms with Crippen molar-refractivity contribution < 1.29 is 14.2 Å². The first kappa shape index (κ1) is 30.8. The minimum Gasteiger partial charge on any atom is -0.379 e. The maximum Gasteiger partial charge on any atom is 0.0780 e. The summed E-state index contributed by atoms with van der Waals surface area (Å²) in [5.74, 6) is 1.52. The van der Waals surface area contributed by atoms with Crippen molar-refractivity contribution >= 4 is 0 Å². The summed E-state index contributed by atoms with van der Waals surface area (Å²) in [5, 5.41) is 0. The van der Waals surface area contributed by atoms with E-state index in [2.05, 4.69) is 20.8 Å². The van der Waals surface area contributed by atoms with Crippen LogP contribution in [-0.2, 0) is 14.2 Å². The molecule has 0 aliphatic heterocycles. The standard InChI is InChI=1S/C18H37NO.C9H20O2/c1-3-4-5-6-7-8-9-11-17-12-10-13-18(14-17)20-15-16(2)19;1-5-10-7-9(4)11-6-8(2)3/h16-18H,3-15,19H2,1-2H3;8-9H,5-7H2,1-4H3. The highest BCUT2D eigenvalue weighted by Gasteiger charge is 2.22. The molecular weight excluding hydrogens is 386 g/mol.